The molecular weight excluding hydrogens is 88.1 g/mol. The summed E-state index contributed by atoms with van der Waals surface area (Å²) in [6.45, 7) is 0. The van der Waals surface area contributed by atoms with Gasteiger partial charge in [-0.3, -0.25) is 0 Å². The minimum atomic E-state index is 1.25. The topological polar surface area (TPSA) is 47.7 Å². The quantitative estimate of drug-likeness (QED) is 0.434. The Balaban J connectivity index is 0.000000110. The SMILES string of the molecule is C1CCC1.N=C=N. The smallest absolute Gasteiger partial charge is 0.0831 e. The fourth-order valence-corrected chi connectivity index (χ4v) is 0.250. The van der Waals surface area contributed by atoms with Gasteiger partial charge in [0.2, 0.25) is 0 Å². The van der Waals surface area contributed by atoms with Crippen LogP contribution in [-0.4, -0.2) is 6.01 Å². The molecule has 40 valence electrons. The number of hydrogen-bond acceptors (Lipinski definition) is 2. The predicted molar refractivity (Wildman–Crippen MR) is 28.9 cm³/mol. The lowest BCUT2D eigenvalue weighted by Crippen LogP contribution is -1.85. The zero-order valence-electron chi connectivity index (χ0n) is 4.33. The van der Waals surface area contributed by atoms with Crippen LogP contribution < -0.4 is 0 Å². The first-order chi connectivity index (χ1) is 3.41. The lowest BCUT2D eigenvalue weighted by molar-refractivity contribution is 0.504. The van der Waals surface area contributed by atoms with Crippen molar-refractivity contribution in [3.8, 4) is 0 Å². The summed E-state index contributed by atoms with van der Waals surface area (Å²) in [5.74, 6) is 0. The fourth-order valence-electron chi connectivity index (χ4n) is 0.250. The van der Waals surface area contributed by atoms with Gasteiger partial charge in [0, 0.05) is 0 Å². The van der Waals surface area contributed by atoms with E-state index >= 15 is 0 Å². The summed E-state index contributed by atoms with van der Waals surface area (Å²) in [5, 5.41) is 11.2. The maximum atomic E-state index is 5.62. The molecule has 0 unspecified atom stereocenters. The van der Waals surface area contributed by atoms with Crippen LogP contribution in [0, 0.1) is 10.8 Å². The summed E-state index contributed by atoms with van der Waals surface area (Å²) < 4.78 is 0. The van der Waals surface area contributed by atoms with Gasteiger partial charge >= 0.3 is 0 Å². The summed E-state index contributed by atoms with van der Waals surface area (Å²) in [6, 6.07) is 1.25. The maximum Gasteiger partial charge on any atom is 0.0831 e. The fraction of sp³-hybridized carbons (Fsp3) is 0.800. The molecular formula is C5H10N2. The van der Waals surface area contributed by atoms with Gasteiger partial charge in [-0.1, -0.05) is 25.7 Å². The molecule has 0 aromatic rings. The Morgan fingerprint density at radius 1 is 0.857 bits per heavy atom. The third kappa shape index (κ3) is 5.38. The Morgan fingerprint density at radius 2 is 1.00 bits per heavy atom. The molecule has 1 saturated carbocycles. The van der Waals surface area contributed by atoms with Crippen molar-refractivity contribution >= 4 is 6.01 Å². The van der Waals surface area contributed by atoms with Crippen molar-refractivity contribution in [2.45, 2.75) is 25.7 Å². The van der Waals surface area contributed by atoms with Crippen molar-refractivity contribution < 1.29 is 0 Å². The van der Waals surface area contributed by atoms with Crippen LogP contribution in [0.1, 0.15) is 25.7 Å². The highest BCUT2D eigenvalue weighted by atomic mass is 14.4. The van der Waals surface area contributed by atoms with Crippen LogP contribution in [0.15, 0.2) is 0 Å². The van der Waals surface area contributed by atoms with Crippen LogP contribution in [0.4, 0.5) is 0 Å². The summed E-state index contributed by atoms with van der Waals surface area (Å²) in [6.07, 6.45) is 6.00. The van der Waals surface area contributed by atoms with E-state index in [9.17, 15) is 0 Å². The monoisotopic (exact) mass is 98.1 g/mol. The molecule has 1 rings (SSSR count). The molecule has 0 radical (unpaired) electrons. The maximum absolute atomic E-state index is 5.62. The minimum absolute atomic E-state index is 1.25. The molecule has 1 aliphatic rings. The molecule has 0 heterocycles. The highest BCUT2D eigenvalue weighted by molar-refractivity contribution is 5.29. The van der Waals surface area contributed by atoms with Gasteiger partial charge in [0.1, 0.15) is 0 Å². The average Bonchev–Trinajstić information content (AvgIpc) is 1.27. The highest BCUT2D eigenvalue weighted by Crippen LogP contribution is 2.15. The second-order valence-electron chi connectivity index (χ2n) is 1.54. The summed E-state index contributed by atoms with van der Waals surface area (Å²) >= 11 is 0. The lowest BCUT2D eigenvalue weighted by Gasteiger charge is -2.05. The molecule has 7 heavy (non-hydrogen) atoms. The molecule has 0 atom stereocenters. The van der Waals surface area contributed by atoms with E-state index in [2.05, 4.69) is 0 Å². The van der Waals surface area contributed by atoms with Crippen molar-refractivity contribution in [1.82, 2.24) is 0 Å². The normalized spacial score (nSPS) is 14.9. The predicted octanol–water partition coefficient (Wildman–Crippen LogP) is 1.88. The molecule has 0 amide bonds. The van der Waals surface area contributed by atoms with Gasteiger partial charge in [0.15, 0.2) is 0 Å². The van der Waals surface area contributed by atoms with Crippen LogP contribution in [0.5, 0.6) is 0 Å². The standard InChI is InChI=1S/C4H8.CH2N2/c1-2-4-3-1;2-1-3/h1-4H2;2-3H. The van der Waals surface area contributed by atoms with E-state index in [1.165, 1.54) is 31.7 Å². The van der Waals surface area contributed by atoms with Gasteiger partial charge in [-0.2, -0.15) is 0 Å². The number of nitrogens with one attached hydrogen (secondary N) is 2. The van der Waals surface area contributed by atoms with Gasteiger partial charge in [0.05, 0.1) is 6.01 Å². The molecule has 2 nitrogen and oxygen atoms in total. The molecule has 0 aromatic heterocycles. The van der Waals surface area contributed by atoms with Crippen LogP contribution in [-0.2, 0) is 0 Å². The molecule has 1 aliphatic carbocycles. The molecule has 2 heteroatoms. The van der Waals surface area contributed by atoms with E-state index in [0.29, 0.717) is 0 Å². The molecule has 0 saturated heterocycles. The Morgan fingerprint density at radius 3 is 1.00 bits per heavy atom. The second-order valence-corrected chi connectivity index (χ2v) is 1.54. The number of hydrogen-bond donors (Lipinski definition) is 2. The molecule has 2 N–H and O–H groups in total. The summed E-state index contributed by atoms with van der Waals surface area (Å²) in [5.41, 5.74) is 0. The van der Waals surface area contributed by atoms with Crippen LogP contribution >= 0.6 is 0 Å². The Kier molecular flexibility index (Phi) is 4.90. The van der Waals surface area contributed by atoms with Gasteiger partial charge in [-0.25, -0.2) is 10.8 Å². The largest absolute Gasteiger partial charge is 0.242 e. The second kappa shape index (κ2) is 5.38. The van der Waals surface area contributed by atoms with Crippen LogP contribution in [0.25, 0.3) is 0 Å². The number of rotatable bonds is 0. The first kappa shape index (κ1) is 6.38. The zero-order chi connectivity index (χ0) is 5.54. The van der Waals surface area contributed by atoms with Crippen molar-refractivity contribution in [1.29, 1.82) is 10.8 Å². The van der Waals surface area contributed by atoms with E-state index in [4.69, 9.17) is 10.8 Å². The summed E-state index contributed by atoms with van der Waals surface area (Å²) in [4.78, 5) is 0. The van der Waals surface area contributed by atoms with E-state index in [1.807, 2.05) is 0 Å². The van der Waals surface area contributed by atoms with E-state index < -0.39 is 0 Å². The van der Waals surface area contributed by atoms with E-state index in [1.54, 1.807) is 0 Å². The summed E-state index contributed by atoms with van der Waals surface area (Å²) in [7, 11) is 0. The molecule has 0 aliphatic heterocycles. The van der Waals surface area contributed by atoms with Gasteiger partial charge < -0.3 is 0 Å². The molecule has 1 fully saturated rings. The third-order valence-corrected chi connectivity index (χ3v) is 1.000. The Labute approximate surface area is 43.6 Å². The Bertz CT molecular complexity index is 54.5. The zero-order valence-corrected chi connectivity index (χ0v) is 4.33. The minimum Gasteiger partial charge on any atom is -0.242 e. The highest BCUT2D eigenvalue weighted by Gasteiger charge is 1.95. The van der Waals surface area contributed by atoms with Gasteiger partial charge in [-0.05, 0) is 0 Å². The molecule has 0 aromatic carbocycles. The molecule has 0 spiro atoms. The van der Waals surface area contributed by atoms with Crippen LogP contribution in [0.2, 0.25) is 0 Å². The Hall–Kier alpha value is -0.620. The van der Waals surface area contributed by atoms with Gasteiger partial charge in [0.25, 0.3) is 0 Å². The van der Waals surface area contributed by atoms with Gasteiger partial charge in [-0.15, -0.1) is 0 Å². The first-order valence-corrected chi connectivity index (χ1v) is 2.50. The van der Waals surface area contributed by atoms with E-state index in [-0.39, 0.29) is 0 Å². The lowest BCUT2D eigenvalue weighted by atomic mass is 10.0. The van der Waals surface area contributed by atoms with E-state index in [0.717, 1.165) is 0 Å². The molecule has 0 bridgehead atoms. The first-order valence-electron chi connectivity index (χ1n) is 2.50. The van der Waals surface area contributed by atoms with Crippen molar-refractivity contribution in [2.75, 3.05) is 0 Å². The van der Waals surface area contributed by atoms with Crippen LogP contribution in [0.3, 0.4) is 0 Å². The van der Waals surface area contributed by atoms with Crippen molar-refractivity contribution in [2.24, 2.45) is 0 Å². The van der Waals surface area contributed by atoms with Crippen molar-refractivity contribution in [3.05, 3.63) is 0 Å². The van der Waals surface area contributed by atoms with Crippen molar-refractivity contribution in [3.63, 3.8) is 0 Å². The average molecular weight is 98.1 g/mol. The third-order valence-electron chi connectivity index (χ3n) is 1.000.